The van der Waals surface area contributed by atoms with Crippen LogP contribution in [-0.4, -0.2) is 64.3 Å². The minimum absolute atomic E-state index is 0.0125. The summed E-state index contributed by atoms with van der Waals surface area (Å²) in [5.41, 5.74) is 3.68. The van der Waals surface area contributed by atoms with Crippen molar-refractivity contribution in [2.75, 3.05) is 57.3 Å². The Morgan fingerprint density at radius 3 is 2.31 bits per heavy atom. The number of anilines is 2. The van der Waals surface area contributed by atoms with Crippen LogP contribution in [0.1, 0.15) is 44.4 Å². The zero-order valence-electron chi connectivity index (χ0n) is 25.2. The van der Waals surface area contributed by atoms with Gasteiger partial charge in [-0.3, -0.25) is 4.79 Å². The Morgan fingerprint density at radius 1 is 0.929 bits per heavy atom. The third-order valence-electron chi connectivity index (χ3n) is 7.99. The zero-order valence-corrected chi connectivity index (χ0v) is 25.2. The van der Waals surface area contributed by atoms with Crippen molar-refractivity contribution in [3.05, 3.63) is 77.6 Å². The summed E-state index contributed by atoms with van der Waals surface area (Å²) in [5.74, 6) is 1.21. The van der Waals surface area contributed by atoms with Crippen LogP contribution in [0.15, 0.2) is 65.7 Å². The van der Waals surface area contributed by atoms with E-state index in [-0.39, 0.29) is 17.5 Å². The second kappa shape index (κ2) is 11.9. The van der Waals surface area contributed by atoms with E-state index in [9.17, 15) is 4.79 Å². The molecule has 0 saturated carbocycles. The molecule has 2 aliphatic rings. The van der Waals surface area contributed by atoms with Gasteiger partial charge in [0.15, 0.2) is 0 Å². The number of esters is 1. The van der Waals surface area contributed by atoms with Gasteiger partial charge >= 0.3 is 5.97 Å². The molecular formula is C33H39FN4O4. The van der Waals surface area contributed by atoms with E-state index < -0.39 is 17.8 Å². The van der Waals surface area contributed by atoms with Crippen LogP contribution >= 0.6 is 0 Å². The van der Waals surface area contributed by atoms with E-state index in [1.807, 2.05) is 35.2 Å². The summed E-state index contributed by atoms with van der Waals surface area (Å²) < 4.78 is 31.8. The number of carbonyl (C=O) groups excluding carboxylic acids is 1. The van der Waals surface area contributed by atoms with Gasteiger partial charge in [0.25, 0.3) is 0 Å². The highest BCUT2D eigenvalue weighted by atomic mass is 19.1. The number of para-hydroxylation sites is 1. The molecule has 1 unspecified atom stereocenters. The van der Waals surface area contributed by atoms with Crippen LogP contribution in [0.2, 0.25) is 0 Å². The molecule has 5 rings (SSSR count). The van der Waals surface area contributed by atoms with Gasteiger partial charge in [0, 0.05) is 43.5 Å². The molecule has 222 valence electrons. The molecule has 0 spiro atoms. The van der Waals surface area contributed by atoms with Crippen molar-refractivity contribution in [3.8, 4) is 11.5 Å². The van der Waals surface area contributed by atoms with E-state index in [4.69, 9.17) is 19.2 Å². The van der Waals surface area contributed by atoms with Crippen LogP contribution in [0.3, 0.4) is 0 Å². The fourth-order valence-corrected chi connectivity index (χ4v) is 5.61. The molecule has 8 nitrogen and oxygen atoms in total. The van der Waals surface area contributed by atoms with Crippen molar-refractivity contribution in [3.63, 3.8) is 0 Å². The molecule has 0 radical (unpaired) electrons. The fraction of sp³-hybridized carbons (Fsp3) is 0.394. The third-order valence-corrected chi connectivity index (χ3v) is 7.99. The molecular weight excluding hydrogens is 535 g/mol. The van der Waals surface area contributed by atoms with Gasteiger partial charge in [-0.25, -0.2) is 9.38 Å². The van der Waals surface area contributed by atoms with Crippen LogP contribution in [0.4, 0.5) is 21.5 Å². The molecule has 2 heterocycles. The summed E-state index contributed by atoms with van der Waals surface area (Å²) in [5, 5.41) is 0. The molecule has 1 fully saturated rings. The monoisotopic (exact) mass is 574 g/mol. The number of rotatable bonds is 6. The lowest BCUT2D eigenvalue weighted by atomic mass is 9.86. The van der Waals surface area contributed by atoms with Crippen LogP contribution in [-0.2, 0) is 14.9 Å². The first-order valence-electron chi connectivity index (χ1n) is 14.2. The molecule has 0 amide bonds. The maximum Gasteiger partial charge on any atom is 0.307 e. The van der Waals surface area contributed by atoms with E-state index >= 15 is 4.39 Å². The van der Waals surface area contributed by atoms with E-state index in [1.54, 1.807) is 20.3 Å². The first kappa shape index (κ1) is 29.2. The topological polar surface area (TPSA) is 66.8 Å². The number of ether oxygens (including phenoxy) is 3. The minimum Gasteiger partial charge on any atom is -0.497 e. The number of fused-ring (bicyclic) bond motifs is 1. The maximum absolute atomic E-state index is 15.3. The predicted molar refractivity (Wildman–Crippen MR) is 164 cm³/mol. The molecule has 0 aromatic heterocycles. The highest BCUT2D eigenvalue weighted by Gasteiger charge is 2.39. The molecule has 0 bridgehead atoms. The van der Waals surface area contributed by atoms with Crippen LogP contribution in [0.25, 0.3) is 0 Å². The number of benzene rings is 3. The SMILES string of the molecule is COC(=O)CC1c2cccc(F)c2N=C(N2CCN(c3cccc(OC)c3)CC2)N1c1cc(C(C)(C)C)ccc1OC. The van der Waals surface area contributed by atoms with E-state index in [0.29, 0.717) is 30.4 Å². The first-order chi connectivity index (χ1) is 20.1. The Labute approximate surface area is 247 Å². The highest BCUT2D eigenvalue weighted by molar-refractivity contribution is 6.02. The first-order valence-corrected chi connectivity index (χ1v) is 14.2. The molecule has 1 atom stereocenters. The Hall–Kier alpha value is -4.27. The zero-order chi connectivity index (χ0) is 30.0. The Balaban J connectivity index is 1.61. The number of methoxy groups -OCH3 is 3. The van der Waals surface area contributed by atoms with Crippen LogP contribution in [0, 0.1) is 5.82 Å². The number of hydrogen-bond donors (Lipinski definition) is 0. The molecule has 0 N–H and O–H groups in total. The number of piperazine rings is 1. The quantitative estimate of drug-likeness (QED) is 0.331. The van der Waals surface area contributed by atoms with Gasteiger partial charge in [-0.2, -0.15) is 0 Å². The summed E-state index contributed by atoms with van der Waals surface area (Å²) in [6.45, 7) is 9.19. The van der Waals surface area contributed by atoms with Crippen molar-refractivity contribution in [1.29, 1.82) is 0 Å². The lowest BCUT2D eigenvalue weighted by molar-refractivity contribution is -0.141. The summed E-state index contributed by atoms with van der Waals surface area (Å²) in [6.07, 6.45) is 0.0125. The smallest absolute Gasteiger partial charge is 0.307 e. The predicted octanol–water partition coefficient (Wildman–Crippen LogP) is 6.07. The number of guanidine groups is 1. The van der Waals surface area contributed by atoms with E-state index in [0.717, 1.165) is 35.8 Å². The lowest BCUT2D eigenvalue weighted by Crippen LogP contribution is -2.55. The summed E-state index contributed by atoms with van der Waals surface area (Å²) >= 11 is 0. The molecule has 2 aliphatic heterocycles. The van der Waals surface area contributed by atoms with Gasteiger partial charge in [0.05, 0.1) is 39.5 Å². The van der Waals surface area contributed by atoms with Crippen LogP contribution in [0.5, 0.6) is 11.5 Å². The van der Waals surface area contributed by atoms with Crippen molar-refractivity contribution in [2.24, 2.45) is 4.99 Å². The number of aliphatic imine (C=N–C) groups is 1. The Morgan fingerprint density at radius 2 is 1.64 bits per heavy atom. The van der Waals surface area contributed by atoms with Crippen molar-refractivity contribution in [1.82, 2.24) is 4.90 Å². The molecule has 3 aromatic rings. The largest absolute Gasteiger partial charge is 0.497 e. The summed E-state index contributed by atoms with van der Waals surface area (Å²) in [4.78, 5) is 24.3. The molecule has 9 heteroatoms. The van der Waals surface area contributed by atoms with Gasteiger partial charge < -0.3 is 28.9 Å². The lowest BCUT2D eigenvalue weighted by Gasteiger charge is -2.45. The van der Waals surface area contributed by atoms with E-state index in [1.165, 1.54) is 13.2 Å². The molecule has 0 aliphatic carbocycles. The van der Waals surface area contributed by atoms with Crippen LogP contribution < -0.4 is 19.3 Å². The van der Waals surface area contributed by atoms with Gasteiger partial charge in [-0.05, 0) is 41.3 Å². The van der Waals surface area contributed by atoms with Gasteiger partial charge in [-0.15, -0.1) is 0 Å². The summed E-state index contributed by atoms with van der Waals surface area (Å²) in [7, 11) is 4.67. The number of hydrogen-bond acceptors (Lipinski definition) is 8. The third kappa shape index (κ3) is 5.73. The average molecular weight is 575 g/mol. The minimum atomic E-state index is -0.559. The molecule has 42 heavy (non-hydrogen) atoms. The second-order valence-electron chi connectivity index (χ2n) is 11.6. The Kier molecular flexibility index (Phi) is 8.29. The number of halogens is 1. The number of nitrogens with zero attached hydrogens (tertiary/aromatic N) is 4. The van der Waals surface area contributed by atoms with Crippen molar-refractivity contribution >= 4 is 29.0 Å². The summed E-state index contributed by atoms with van der Waals surface area (Å²) in [6, 6.07) is 18.5. The van der Waals surface area contributed by atoms with Crippen molar-refractivity contribution in [2.45, 2.75) is 38.6 Å². The highest BCUT2D eigenvalue weighted by Crippen LogP contribution is 2.45. The van der Waals surface area contributed by atoms with Gasteiger partial charge in [0.1, 0.15) is 23.0 Å². The molecule has 3 aromatic carbocycles. The standard InChI is InChI=1S/C33H39FN4O4/c1-33(2,3)22-13-14-29(41-5)28(19-22)38-27(21-30(39)42-6)25-11-8-12-26(34)31(25)35-32(38)37-17-15-36(16-18-37)23-9-7-10-24(20-23)40-4/h7-14,19-20,27H,15-18,21H2,1-6H3. The Bertz CT molecular complexity index is 1480. The van der Waals surface area contributed by atoms with E-state index in [2.05, 4.69) is 48.8 Å². The maximum atomic E-state index is 15.3. The average Bonchev–Trinajstić information content (AvgIpc) is 3.00. The van der Waals surface area contributed by atoms with Gasteiger partial charge in [0.2, 0.25) is 5.96 Å². The van der Waals surface area contributed by atoms with Crippen molar-refractivity contribution < 1.29 is 23.4 Å². The van der Waals surface area contributed by atoms with Gasteiger partial charge in [-0.1, -0.05) is 45.0 Å². The normalized spacial score (nSPS) is 17.0. The second-order valence-corrected chi connectivity index (χ2v) is 11.6. The fourth-order valence-electron chi connectivity index (χ4n) is 5.61. The number of carbonyl (C=O) groups is 1. The molecule has 1 saturated heterocycles.